The van der Waals surface area contributed by atoms with Gasteiger partial charge in [-0.1, -0.05) is 29.8 Å². The van der Waals surface area contributed by atoms with E-state index in [2.05, 4.69) is 29.8 Å². The minimum Gasteiger partial charge on any atom is -0.469 e. The molecule has 6 heteroatoms. The molecule has 10 atom stereocenters. The average molecular weight is 526 g/mol. The highest BCUT2D eigenvalue weighted by Crippen LogP contribution is 2.73. The van der Waals surface area contributed by atoms with Crippen LogP contribution >= 0.6 is 15.9 Å². The lowest BCUT2D eigenvalue weighted by Gasteiger charge is -2.63. The SMILES string of the molecule is COC(=O)CC[C@@H](C)[C@H]1CC[C@H]2[C@@H]3C[C@H]4OC[C@@]5(CC[C@H](OC(C)=O)C[C@]45Br)C3CC[C@]12C. The number of fused-ring (bicyclic) bond motifs is 3. The first-order valence-corrected chi connectivity index (χ1v) is 14.0. The number of methoxy groups -OCH3 is 1. The van der Waals surface area contributed by atoms with E-state index in [9.17, 15) is 9.59 Å². The summed E-state index contributed by atoms with van der Waals surface area (Å²) < 4.78 is 17.1. The maximum atomic E-state index is 11.7. The summed E-state index contributed by atoms with van der Waals surface area (Å²) in [6, 6.07) is 0. The minimum atomic E-state index is -0.166. The first-order valence-electron chi connectivity index (χ1n) is 13.2. The molecule has 1 heterocycles. The van der Waals surface area contributed by atoms with E-state index in [4.69, 9.17) is 14.2 Å². The number of ether oxygens (including phenoxy) is 3. The van der Waals surface area contributed by atoms with Gasteiger partial charge < -0.3 is 14.2 Å². The highest BCUT2D eigenvalue weighted by atomic mass is 79.9. The van der Waals surface area contributed by atoms with Crippen molar-refractivity contribution in [2.24, 2.45) is 40.4 Å². The summed E-state index contributed by atoms with van der Waals surface area (Å²) in [5, 5.41) is 0. The van der Waals surface area contributed by atoms with E-state index in [0.717, 1.165) is 50.5 Å². The van der Waals surface area contributed by atoms with Crippen molar-refractivity contribution in [1.29, 1.82) is 0 Å². The molecule has 0 aromatic heterocycles. The van der Waals surface area contributed by atoms with Crippen molar-refractivity contribution in [3.63, 3.8) is 0 Å². The summed E-state index contributed by atoms with van der Waals surface area (Å²) in [6.45, 7) is 7.31. The summed E-state index contributed by atoms with van der Waals surface area (Å²) in [4.78, 5) is 23.4. The van der Waals surface area contributed by atoms with Gasteiger partial charge in [-0.15, -0.1) is 0 Å². The Morgan fingerprint density at radius 3 is 2.67 bits per heavy atom. The van der Waals surface area contributed by atoms with Crippen molar-refractivity contribution < 1.29 is 23.8 Å². The lowest BCUT2D eigenvalue weighted by molar-refractivity contribution is -0.154. The van der Waals surface area contributed by atoms with Gasteiger partial charge in [0.05, 0.1) is 24.1 Å². The second kappa shape index (κ2) is 8.50. The lowest BCUT2D eigenvalue weighted by atomic mass is 9.44. The fourth-order valence-electron chi connectivity index (χ4n) is 9.65. The average Bonchev–Trinajstić information content (AvgIpc) is 3.19. The topological polar surface area (TPSA) is 61.8 Å². The number of halogens is 1. The van der Waals surface area contributed by atoms with Crippen molar-refractivity contribution in [3.8, 4) is 0 Å². The molecule has 0 aromatic rings. The fraction of sp³-hybridized carbons (Fsp3) is 0.926. The summed E-state index contributed by atoms with van der Waals surface area (Å²) in [7, 11) is 1.49. The Kier molecular flexibility index (Phi) is 6.20. The van der Waals surface area contributed by atoms with E-state index in [1.54, 1.807) is 0 Å². The Morgan fingerprint density at radius 2 is 1.94 bits per heavy atom. The van der Waals surface area contributed by atoms with Crippen LogP contribution in [0.25, 0.3) is 0 Å². The van der Waals surface area contributed by atoms with Gasteiger partial charge in [0, 0.05) is 25.2 Å². The van der Waals surface area contributed by atoms with Gasteiger partial charge in [-0.3, -0.25) is 9.59 Å². The van der Waals surface area contributed by atoms with Crippen LogP contribution in [-0.4, -0.2) is 42.2 Å². The molecule has 5 rings (SSSR count). The molecular formula is C27H41BrO5. The van der Waals surface area contributed by atoms with Gasteiger partial charge in [0.15, 0.2) is 0 Å². The molecule has 0 aromatic carbocycles. The zero-order valence-corrected chi connectivity index (χ0v) is 22.3. The highest BCUT2D eigenvalue weighted by molar-refractivity contribution is 9.10. The maximum Gasteiger partial charge on any atom is 0.305 e. The summed E-state index contributed by atoms with van der Waals surface area (Å²) in [5.41, 5.74) is 0.543. The molecule has 0 spiro atoms. The van der Waals surface area contributed by atoms with Crippen LogP contribution in [0.4, 0.5) is 0 Å². The molecule has 1 unspecified atom stereocenters. The second-order valence-electron chi connectivity index (χ2n) is 12.2. The first kappa shape index (κ1) is 24.1. The van der Waals surface area contributed by atoms with Gasteiger partial charge in [-0.2, -0.15) is 0 Å². The van der Waals surface area contributed by atoms with E-state index in [1.807, 2.05) is 0 Å². The third-order valence-electron chi connectivity index (χ3n) is 11.1. The summed E-state index contributed by atoms with van der Waals surface area (Å²) >= 11 is 4.25. The molecule has 0 radical (unpaired) electrons. The molecule has 4 saturated carbocycles. The molecule has 186 valence electrons. The zero-order chi connectivity index (χ0) is 23.6. The van der Waals surface area contributed by atoms with Gasteiger partial charge in [-0.25, -0.2) is 0 Å². The molecule has 5 aliphatic rings. The number of alkyl halides is 1. The fourth-order valence-corrected chi connectivity index (χ4v) is 10.9. The lowest BCUT2D eigenvalue weighted by Crippen LogP contribution is -2.63. The monoisotopic (exact) mass is 524 g/mol. The zero-order valence-electron chi connectivity index (χ0n) is 20.7. The van der Waals surface area contributed by atoms with Crippen LogP contribution < -0.4 is 0 Å². The number of rotatable bonds is 5. The number of esters is 2. The van der Waals surface area contributed by atoms with E-state index >= 15 is 0 Å². The number of carbonyl (C=O) groups excluding carboxylic acids is 2. The normalized spacial score (nSPS) is 48.9. The maximum absolute atomic E-state index is 11.7. The molecule has 33 heavy (non-hydrogen) atoms. The molecule has 2 bridgehead atoms. The predicted octanol–water partition coefficient (Wildman–Crippen LogP) is 5.67. The third kappa shape index (κ3) is 3.55. The highest BCUT2D eigenvalue weighted by Gasteiger charge is 2.72. The van der Waals surface area contributed by atoms with E-state index in [0.29, 0.717) is 29.6 Å². The molecule has 5 fully saturated rings. The van der Waals surface area contributed by atoms with Gasteiger partial charge >= 0.3 is 11.9 Å². The number of hydrogen-bond acceptors (Lipinski definition) is 5. The van der Waals surface area contributed by atoms with Gasteiger partial charge in [0.2, 0.25) is 0 Å². The first-order chi connectivity index (χ1) is 15.6. The van der Waals surface area contributed by atoms with E-state index in [-0.39, 0.29) is 33.9 Å². The summed E-state index contributed by atoms with van der Waals surface area (Å²) in [6.07, 6.45) is 10.9. The van der Waals surface area contributed by atoms with Crippen LogP contribution in [-0.2, 0) is 23.8 Å². The van der Waals surface area contributed by atoms with Crippen LogP contribution in [0, 0.1) is 40.4 Å². The van der Waals surface area contributed by atoms with Crippen molar-refractivity contribution in [1.82, 2.24) is 0 Å². The number of carbonyl (C=O) groups is 2. The van der Waals surface area contributed by atoms with E-state index < -0.39 is 0 Å². The quantitative estimate of drug-likeness (QED) is 0.342. The van der Waals surface area contributed by atoms with Gasteiger partial charge in [0.1, 0.15) is 6.10 Å². The van der Waals surface area contributed by atoms with Crippen LogP contribution in [0.2, 0.25) is 0 Å². The van der Waals surface area contributed by atoms with Crippen molar-refractivity contribution in [3.05, 3.63) is 0 Å². The van der Waals surface area contributed by atoms with Crippen LogP contribution in [0.1, 0.15) is 85.0 Å². The van der Waals surface area contributed by atoms with E-state index in [1.165, 1.54) is 39.7 Å². The van der Waals surface area contributed by atoms with Crippen molar-refractivity contribution in [2.45, 2.75) is 102 Å². The molecule has 4 aliphatic carbocycles. The van der Waals surface area contributed by atoms with Crippen LogP contribution in [0.15, 0.2) is 0 Å². The Balaban J connectivity index is 1.35. The molecule has 0 N–H and O–H groups in total. The Morgan fingerprint density at radius 1 is 1.15 bits per heavy atom. The Hall–Kier alpha value is -0.620. The smallest absolute Gasteiger partial charge is 0.305 e. The minimum absolute atomic E-state index is 0.0103. The van der Waals surface area contributed by atoms with Gasteiger partial charge in [-0.05, 0) is 86.4 Å². The molecule has 1 saturated heterocycles. The predicted molar refractivity (Wildman–Crippen MR) is 129 cm³/mol. The molecular weight excluding hydrogens is 484 g/mol. The molecule has 0 amide bonds. The van der Waals surface area contributed by atoms with Crippen molar-refractivity contribution >= 4 is 27.9 Å². The van der Waals surface area contributed by atoms with Crippen molar-refractivity contribution in [2.75, 3.05) is 13.7 Å². The number of hydrogen-bond donors (Lipinski definition) is 0. The molecule has 5 nitrogen and oxygen atoms in total. The largest absolute Gasteiger partial charge is 0.469 e. The standard InChI is InChI=1S/C27H41BrO5/c1-16(5-8-24(30)31-4)20-6-7-21-19-13-23-27(28)14-18(33-17(2)29)9-12-26(27,15-32-23)22(19)10-11-25(20,21)3/h16,18-23H,5-15H2,1-4H3/t16-,18+,19+,20-,21+,22?,23-,25-,26+,27+/m1/s1. The van der Waals surface area contributed by atoms with Crippen LogP contribution in [0.3, 0.4) is 0 Å². The van der Waals surface area contributed by atoms with Gasteiger partial charge in [0.25, 0.3) is 0 Å². The summed E-state index contributed by atoms with van der Waals surface area (Å²) in [5.74, 6) is 3.18. The van der Waals surface area contributed by atoms with Crippen LogP contribution in [0.5, 0.6) is 0 Å². The second-order valence-corrected chi connectivity index (χ2v) is 13.6. The Labute approximate surface area is 207 Å². The Bertz CT molecular complexity index is 801. The third-order valence-corrected chi connectivity index (χ3v) is 12.7. The molecule has 1 aliphatic heterocycles.